The minimum absolute atomic E-state index is 0.277. The molecule has 0 aromatic carbocycles. The largest absolute Gasteiger partial charge is 0.480 e. The topological polar surface area (TPSA) is 86.0 Å². The highest BCUT2D eigenvalue weighted by Crippen LogP contribution is 2.25. The summed E-state index contributed by atoms with van der Waals surface area (Å²) in [6.07, 6.45) is 5.83. The molecule has 0 spiro atoms. The Labute approximate surface area is 118 Å². The number of carboxylic acids is 1. The van der Waals surface area contributed by atoms with Gasteiger partial charge in [-0.05, 0) is 43.7 Å². The second kappa shape index (κ2) is 6.20. The maximum absolute atomic E-state index is 11.2. The van der Waals surface area contributed by atoms with Gasteiger partial charge in [-0.15, -0.1) is 6.58 Å². The summed E-state index contributed by atoms with van der Waals surface area (Å²) in [5.41, 5.74) is 2.48. The van der Waals surface area contributed by atoms with Crippen LogP contribution in [0.3, 0.4) is 0 Å². The van der Waals surface area contributed by atoms with E-state index in [1.807, 2.05) is 6.07 Å². The molecule has 0 aliphatic heterocycles. The molecule has 5 nitrogen and oxygen atoms in total. The number of nitriles is 1. The van der Waals surface area contributed by atoms with Crippen LogP contribution >= 0.6 is 0 Å². The van der Waals surface area contributed by atoms with Gasteiger partial charge in [0.2, 0.25) is 0 Å². The lowest BCUT2D eigenvalue weighted by Crippen LogP contribution is -2.29. The van der Waals surface area contributed by atoms with Gasteiger partial charge in [0.05, 0.1) is 5.56 Å². The first-order valence-corrected chi connectivity index (χ1v) is 6.69. The monoisotopic (exact) mass is 271 g/mol. The number of aliphatic carboxylic acids is 1. The van der Waals surface area contributed by atoms with E-state index in [0.29, 0.717) is 11.4 Å². The smallest absolute Gasteiger partial charge is 0.326 e. The van der Waals surface area contributed by atoms with Gasteiger partial charge in [-0.2, -0.15) is 5.26 Å². The summed E-state index contributed by atoms with van der Waals surface area (Å²) >= 11 is 0. The fourth-order valence-electron chi connectivity index (χ4n) is 2.38. The average molecular weight is 271 g/mol. The van der Waals surface area contributed by atoms with Crippen LogP contribution in [0, 0.1) is 11.3 Å². The number of rotatable bonds is 5. The number of pyridine rings is 1. The van der Waals surface area contributed by atoms with Crippen LogP contribution in [0.4, 0.5) is 5.82 Å². The standard InChI is InChI=1S/C15H17N3O2/c1-2-5-13(15(19)20)18-14-11(9-16)8-10-6-3-4-7-12(10)17-14/h2,8,13H,1,3-7H2,(H,17,18)(H,19,20). The van der Waals surface area contributed by atoms with E-state index in [-0.39, 0.29) is 6.42 Å². The van der Waals surface area contributed by atoms with Gasteiger partial charge in [-0.3, -0.25) is 0 Å². The van der Waals surface area contributed by atoms with Gasteiger partial charge in [-0.25, -0.2) is 9.78 Å². The number of hydrogen-bond acceptors (Lipinski definition) is 4. The van der Waals surface area contributed by atoms with Gasteiger partial charge in [0.25, 0.3) is 0 Å². The van der Waals surface area contributed by atoms with Crippen molar-refractivity contribution < 1.29 is 9.90 Å². The number of carboxylic acid groups (broad SMARTS) is 1. The van der Waals surface area contributed by atoms with Crippen LogP contribution in [0.2, 0.25) is 0 Å². The molecule has 2 N–H and O–H groups in total. The minimum atomic E-state index is -0.978. The van der Waals surface area contributed by atoms with Gasteiger partial charge >= 0.3 is 5.97 Å². The van der Waals surface area contributed by atoms with E-state index >= 15 is 0 Å². The molecule has 0 radical (unpaired) electrons. The highest BCUT2D eigenvalue weighted by molar-refractivity contribution is 5.77. The molecule has 1 aromatic rings. The number of hydrogen-bond donors (Lipinski definition) is 2. The summed E-state index contributed by atoms with van der Waals surface area (Å²) in [6.45, 7) is 3.55. The van der Waals surface area contributed by atoms with E-state index in [1.165, 1.54) is 6.08 Å². The normalized spacial score (nSPS) is 14.8. The molecule has 0 bridgehead atoms. The van der Waals surface area contributed by atoms with E-state index < -0.39 is 12.0 Å². The number of carbonyl (C=O) groups is 1. The van der Waals surface area contributed by atoms with Crippen LogP contribution in [-0.2, 0) is 17.6 Å². The Kier molecular flexibility index (Phi) is 4.36. The Hall–Kier alpha value is -2.35. The van der Waals surface area contributed by atoms with E-state index in [2.05, 4.69) is 22.9 Å². The zero-order chi connectivity index (χ0) is 14.5. The molecule has 0 fully saturated rings. The molecule has 2 rings (SSSR count). The number of aromatic nitrogens is 1. The van der Waals surface area contributed by atoms with E-state index in [4.69, 9.17) is 5.11 Å². The third-order valence-electron chi connectivity index (χ3n) is 3.43. The number of anilines is 1. The third-order valence-corrected chi connectivity index (χ3v) is 3.43. The van der Waals surface area contributed by atoms with Crippen LogP contribution < -0.4 is 5.32 Å². The molecule has 0 amide bonds. The van der Waals surface area contributed by atoms with Gasteiger partial charge in [0, 0.05) is 5.69 Å². The average Bonchev–Trinajstić information content (AvgIpc) is 2.45. The maximum atomic E-state index is 11.2. The molecule has 1 aromatic heterocycles. The Morgan fingerprint density at radius 3 is 3.00 bits per heavy atom. The Bertz CT molecular complexity index is 575. The molecule has 1 atom stereocenters. The van der Waals surface area contributed by atoms with Crippen molar-refractivity contribution in [2.75, 3.05) is 5.32 Å². The summed E-state index contributed by atoms with van der Waals surface area (Å²) in [4.78, 5) is 15.6. The first kappa shape index (κ1) is 14.1. The van der Waals surface area contributed by atoms with Crippen LogP contribution in [0.25, 0.3) is 0 Å². The fraction of sp³-hybridized carbons (Fsp3) is 0.400. The summed E-state index contributed by atoms with van der Waals surface area (Å²) in [5.74, 6) is -0.615. The molecule has 1 unspecified atom stereocenters. The lowest BCUT2D eigenvalue weighted by Gasteiger charge is -2.19. The number of fused-ring (bicyclic) bond motifs is 1. The van der Waals surface area contributed by atoms with Gasteiger partial charge in [0.15, 0.2) is 0 Å². The second-order valence-electron chi connectivity index (χ2n) is 4.87. The predicted octanol–water partition coefficient (Wildman–Crippen LogP) is 2.27. The summed E-state index contributed by atoms with van der Waals surface area (Å²) < 4.78 is 0. The first-order valence-electron chi connectivity index (χ1n) is 6.69. The van der Waals surface area contributed by atoms with Crippen molar-refractivity contribution in [3.05, 3.63) is 35.5 Å². The van der Waals surface area contributed by atoms with Crippen molar-refractivity contribution in [2.24, 2.45) is 0 Å². The fourth-order valence-corrected chi connectivity index (χ4v) is 2.38. The Balaban J connectivity index is 2.32. The molecule has 0 saturated heterocycles. The van der Waals surface area contributed by atoms with E-state index in [0.717, 1.165) is 36.9 Å². The lowest BCUT2D eigenvalue weighted by molar-refractivity contribution is -0.137. The summed E-state index contributed by atoms with van der Waals surface area (Å²) in [5, 5.41) is 21.2. The molecule has 0 saturated carbocycles. The molecule has 1 aliphatic carbocycles. The maximum Gasteiger partial charge on any atom is 0.326 e. The van der Waals surface area contributed by atoms with Crippen LogP contribution in [-0.4, -0.2) is 22.1 Å². The summed E-state index contributed by atoms with van der Waals surface area (Å²) in [6, 6.07) is 3.11. The zero-order valence-corrected chi connectivity index (χ0v) is 11.2. The van der Waals surface area contributed by atoms with Gasteiger partial charge < -0.3 is 10.4 Å². The molecule has 1 heterocycles. The lowest BCUT2D eigenvalue weighted by atomic mass is 9.95. The number of nitrogens with zero attached hydrogens (tertiary/aromatic N) is 2. The van der Waals surface area contributed by atoms with Crippen LogP contribution in [0.1, 0.15) is 36.1 Å². The van der Waals surface area contributed by atoms with E-state index in [9.17, 15) is 10.1 Å². The molecular weight excluding hydrogens is 254 g/mol. The Morgan fingerprint density at radius 1 is 1.60 bits per heavy atom. The SMILES string of the molecule is C=CCC(Nc1nc2c(cc1C#N)CCCC2)C(=O)O. The van der Waals surface area contributed by atoms with Crippen molar-refractivity contribution in [3.63, 3.8) is 0 Å². The second-order valence-corrected chi connectivity index (χ2v) is 4.87. The molecule has 5 heteroatoms. The third kappa shape index (κ3) is 2.97. The van der Waals surface area contributed by atoms with Crippen molar-refractivity contribution >= 4 is 11.8 Å². The molecule has 1 aliphatic rings. The van der Waals surface area contributed by atoms with Crippen molar-refractivity contribution in [2.45, 2.75) is 38.1 Å². The summed E-state index contributed by atoms with van der Waals surface area (Å²) in [7, 11) is 0. The highest BCUT2D eigenvalue weighted by atomic mass is 16.4. The van der Waals surface area contributed by atoms with Crippen LogP contribution in [0.15, 0.2) is 18.7 Å². The van der Waals surface area contributed by atoms with Gasteiger partial charge in [0.1, 0.15) is 17.9 Å². The van der Waals surface area contributed by atoms with Crippen molar-refractivity contribution in [1.82, 2.24) is 4.98 Å². The van der Waals surface area contributed by atoms with Crippen molar-refractivity contribution in [3.8, 4) is 6.07 Å². The highest BCUT2D eigenvalue weighted by Gasteiger charge is 2.20. The van der Waals surface area contributed by atoms with Crippen molar-refractivity contribution in [1.29, 1.82) is 5.26 Å². The molecule has 20 heavy (non-hydrogen) atoms. The minimum Gasteiger partial charge on any atom is -0.480 e. The number of nitrogens with one attached hydrogen (secondary N) is 1. The molecule has 104 valence electrons. The number of aryl methyl sites for hydroxylation is 2. The van der Waals surface area contributed by atoms with Gasteiger partial charge in [-0.1, -0.05) is 6.08 Å². The van der Waals surface area contributed by atoms with Crippen LogP contribution in [0.5, 0.6) is 0 Å². The quantitative estimate of drug-likeness (QED) is 0.802. The zero-order valence-electron chi connectivity index (χ0n) is 11.2. The Morgan fingerprint density at radius 2 is 2.35 bits per heavy atom. The predicted molar refractivity (Wildman–Crippen MR) is 75.5 cm³/mol. The molecular formula is C15H17N3O2. The van der Waals surface area contributed by atoms with E-state index in [1.54, 1.807) is 0 Å². The first-order chi connectivity index (χ1) is 9.65.